The van der Waals surface area contributed by atoms with E-state index in [1.165, 1.54) is 28.8 Å². The molecule has 2 aromatic rings. The van der Waals surface area contributed by atoms with Crippen LogP contribution in [0, 0.1) is 26.6 Å². The number of carbonyl (C=O) groups is 2. The normalized spacial score (nSPS) is 17.5. The van der Waals surface area contributed by atoms with Gasteiger partial charge in [-0.05, 0) is 44.0 Å². The number of nitrogens with one attached hydrogen (secondary N) is 1. The zero-order chi connectivity index (χ0) is 21.8. The minimum absolute atomic E-state index is 0.0731. The number of amides is 2. The molecule has 0 radical (unpaired) electrons. The number of amidine groups is 1. The number of hydrogen-bond acceptors (Lipinski definition) is 4. The Kier molecular flexibility index (Phi) is 6.72. The fourth-order valence-electron chi connectivity index (χ4n) is 3.40. The van der Waals surface area contributed by atoms with E-state index in [-0.39, 0.29) is 18.0 Å². The SMILES string of the molecule is C=CCN1C(=O)[C@@H](CC(=O)Nc2ccccc2F)SC1=Nc1c(C)cc(C)cc1C. The Labute approximate surface area is 180 Å². The van der Waals surface area contributed by atoms with Crippen molar-refractivity contribution in [2.24, 2.45) is 4.99 Å². The molecule has 1 aliphatic rings. The molecular weight excluding hydrogens is 401 g/mol. The maximum Gasteiger partial charge on any atom is 0.242 e. The minimum Gasteiger partial charge on any atom is -0.324 e. The van der Waals surface area contributed by atoms with Crippen LogP contribution in [0.3, 0.4) is 0 Å². The molecule has 0 saturated carbocycles. The van der Waals surface area contributed by atoms with Gasteiger partial charge < -0.3 is 5.32 Å². The summed E-state index contributed by atoms with van der Waals surface area (Å²) in [4.78, 5) is 31.6. The highest BCUT2D eigenvalue weighted by Crippen LogP contribution is 2.34. The maximum atomic E-state index is 13.8. The molecule has 1 N–H and O–H groups in total. The van der Waals surface area contributed by atoms with Crippen molar-refractivity contribution in [2.75, 3.05) is 11.9 Å². The fraction of sp³-hybridized carbons (Fsp3) is 0.261. The summed E-state index contributed by atoms with van der Waals surface area (Å²) in [5.74, 6) is -1.14. The van der Waals surface area contributed by atoms with Crippen LogP contribution in [-0.2, 0) is 9.59 Å². The second-order valence-corrected chi connectivity index (χ2v) is 8.39. The van der Waals surface area contributed by atoms with Crippen LogP contribution in [0.5, 0.6) is 0 Å². The first-order valence-corrected chi connectivity index (χ1v) is 10.5. The Balaban J connectivity index is 1.82. The van der Waals surface area contributed by atoms with Crippen molar-refractivity contribution in [3.63, 3.8) is 0 Å². The Morgan fingerprint density at radius 3 is 2.57 bits per heavy atom. The molecule has 0 aromatic heterocycles. The number of halogens is 1. The quantitative estimate of drug-likeness (QED) is 0.670. The molecule has 1 fully saturated rings. The van der Waals surface area contributed by atoms with Gasteiger partial charge in [0.15, 0.2) is 5.17 Å². The van der Waals surface area contributed by atoms with Crippen LogP contribution in [0.4, 0.5) is 15.8 Å². The van der Waals surface area contributed by atoms with Gasteiger partial charge in [-0.15, -0.1) is 6.58 Å². The predicted molar refractivity (Wildman–Crippen MR) is 121 cm³/mol. The summed E-state index contributed by atoms with van der Waals surface area (Å²) >= 11 is 1.25. The summed E-state index contributed by atoms with van der Waals surface area (Å²) in [6.07, 6.45) is 1.56. The van der Waals surface area contributed by atoms with Crippen molar-refractivity contribution in [3.05, 3.63) is 71.6 Å². The first kappa shape index (κ1) is 21.8. The molecular formula is C23H24FN3O2S. The molecule has 2 aromatic carbocycles. The lowest BCUT2D eigenvalue weighted by Gasteiger charge is -2.15. The molecule has 0 aliphatic carbocycles. The van der Waals surface area contributed by atoms with Crippen LogP contribution in [0.1, 0.15) is 23.1 Å². The molecule has 3 rings (SSSR count). The minimum atomic E-state index is -0.624. The van der Waals surface area contributed by atoms with E-state index in [1.54, 1.807) is 18.2 Å². The van der Waals surface area contributed by atoms with Gasteiger partial charge in [-0.25, -0.2) is 9.38 Å². The molecule has 1 saturated heterocycles. The van der Waals surface area contributed by atoms with Crippen LogP contribution in [0.2, 0.25) is 0 Å². The number of anilines is 1. The van der Waals surface area contributed by atoms with E-state index >= 15 is 0 Å². The number of aliphatic imine (C=N–C) groups is 1. The molecule has 0 spiro atoms. The number of benzene rings is 2. The number of hydrogen-bond donors (Lipinski definition) is 1. The van der Waals surface area contributed by atoms with Crippen LogP contribution < -0.4 is 5.32 Å². The highest BCUT2D eigenvalue weighted by molar-refractivity contribution is 8.15. The van der Waals surface area contributed by atoms with Gasteiger partial charge in [0.1, 0.15) is 11.1 Å². The molecule has 1 aliphatic heterocycles. The van der Waals surface area contributed by atoms with E-state index < -0.39 is 17.0 Å². The fourth-order valence-corrected chi connectivity index (χ4v) is 4.55. The molecule has 0 unspecified atom stereocenters. The second kappa shape index (κ2) is 9.26. The van der Waals surface area contributed by atoms with E-state index in [4.69, 9.17) is 4.99 Å². The number of nitrogens with zero attached hydrogens (tertiary/aromatic N) is 2. The summed E-state index contributed by atoms with van der Waals surface area (Å²) in [6, 6.07) is 10.0. The van der Waals surface area contributed by atoms with Crippen molar-refractivity contribution < 1.29 is 14.0 Å². The highest BCUT2D eigenvalue weighted by atomic mass is 32.2. The zero-order valence-corrected chi connectivity index (χ0v) is 18.1. The summed E-state index contributed by atoms with van der Waals surface area (Å²) < 4.78 is 13.8. The van der Waals surface area contributed by atoms with Crippen molar-refractivity contribution in [1.82, 2.24) is 4.90 Å². The molecule has 7 heteroatoms. The summed E-state index contributed by atoms with van der Waals surface area (Å²) in [5.41, 5.74) is 4.11. The third-order valence-corrected chi connectivity index (χ3v) is 5.87. The average molecular weight is 426 g/mol. The van der Waals surface area contributed by atoms with Gasteiger partial charge in [0.05, 0.1) is 11.4 Å². The molecule has 1 heterocycles. The van der Waals surface area contributed by atoms with Crippen LogP contribution in [-0.4, -0.2) is 33.7 Å². The highest BCUT2D eigenvalue weighted by Gasteiger charge is 2.38. The molecule has 0 bridgehead atoms. The van der Waals surface area contributed by atoms with Gasteiger partial charge in [0.25, 0.3) is 0 Å². The van der Waals surface area contributed by atoms with Gasteiger partial charge in [-0.1, -0.05) is 47.7 Å². The zero-order valence-electron chi connectivity index (χ0n) is 17.2. The van der Waals surface area contributed by atoms with Gasteiger partial charge in [0.2, 0.25) is 11.8 Å². The van der Waals surface area contributed by atoms with Crippen LogP contribution in [0.25, 0.3) is 0 Å². The van der Waals surface area contributed by atoms with E-state index in [0.717, 1.165) is 22.4 Å². The Hall–Kier alpha value is -2.93. The van der Waals surface area contributed by atoms with Crippen LogP contribution in [0.15, 0.2) is 54.0 Å². The number of carbonyl (C=O) groups excluding carboxylic acids is 2. The second-order valence-electron chi connectivity index (χ2n) is 7.22. The molecule has 5 nitrogen and oxygen atoms in total. The third kappa shape index (κ3) is 4.79. The number of thioether (sulfide) groups is 1. The molecule has 2 amide bonds. The lowest BCUT2D eigenvalue weighted by molar-refractivity contribution is -0.127. The summed E-state index contributed by atoms with van der Waals surface area (Å²) in [5, 5.41) is 2.45. The van der Waals surface area contributed by atoms with Crippen molar-refractivity contribution in [3.8, 4) is 0 Å². The van der Waals surface area contributed by atoms with E-state index in [9.17, 15) is 14.0 Å². The third-order valence-electron chi connectivity index (χ3n) is 4.69. The lowest BCUT2D eigenvalue weighted by Crippen LogP contribution is -2.33. The Morgan fingerprint density at radius 2 is 1.93 bits per heavy atom. The molecule has 1 atom stereocenters. The largest absolute Gasteiger partial charge is 0.324 e. The number of rotatable bonds is 6. The standard InChI is InChI=1S/C23H24FN3O2S/c1-5-10-27-22(29)19(13-20(28)25-18-9-7-6-8-17(18)24)30-23(27)26-21-15(3)11-14(2)12-16(21)4/h5-9,11-12,19H,1,10,13H2,2-4H3,(H,25,28)/t19-/m1/s1. The van der Waals surface area contributed by atoms with Crippen molar-refractivity contribution in [2.45, 2.75) is 32.4 Å². The number of aryl methyl sites for hydroxylation is 3. The first-order chi connectivity index (χ1) is 14.3. The van der Waals surface area contributed by atoms with Gasteiger partial charge in [0, 0.05) is 13.0 Å². The maximum absolute atomic E-state index is 13.8. The van der Waals surface area contributed by atoms with Crippen molar-refractivity contribution in [1.29, 1.82) is 0 Å². The summed E-state index contributed by atoms with van der Waals surface area (Å²) in [6.45, 7) is 10.0. The van der Waals surface area contributed by atoms with E-state index in [0.29, 0.717) is 11.7 Å². The monoisotopic (exact) mass is 425 g/mol. The van der Waals surface area contributed by atoms with Gasteiger partial charge >= 0.3 is 0 Å². The smallest absolute Gasteiger partial charge is 0.242 e. The lowest BCUT2D eigenvalue weighted by atomic mass is 10.1. The number of para-hydroxylation sites is 1. The van der Waals surface area contributed by atoms with Gasteiger partial charge in [-0.3, -0.25) is 14.5 Å². The molecule has 156 valence electrons. The topological polar surface area (TPSA) is 61.8 Å². The van der Waals surface area contributed by atoms with Crippen molar-refractivity contribution >= 4 is 40.1 Å². The predicted octanol–water partition coefficient (Wildman–Crippen LogP) is 4.90. The van der Waals surface area contributed by atoms with E-state index in [1.807, 2.05) is 32.9 Å². The first-order valence-electron chi connectivity index (χ1n) is 9.60. The average Bonchev–Trinajstić information content (AvgIpc) is 2.95. The van der Waals surface area contributed by atoms with Gasteiger partial charge in [-0.2, -0.15) is 0 Å². The summed E-state index contributed by atoms with van der Waals surface area (Å²) in [7, 11) is 0. The Bertz CT molecular complexity index is 1010. The van der Waals surface area contributed by atoms with E-state index in [2.05, 4.69) is 11.9 Å². The molecule has 30 heavy (non-hydrogen) atoms. The van der Waals surface area contributed by atoms with Crippen LogP contribution >= 0.6 is 11.8 Å². The Morgan fingerprint density at radius 1 is 1.27 bits per heavy atom.